The minimum atomic E-state index is -4.49. The number of nitrogens with zero attached hydrogens (tertiary/aromatic N) is 1. The van der Waals surface area contributed by atoms with E-state index < -0.39 is 11.7 Å². The summed E-state index contributed by atoms with van der Waals surface area (Å²) in [6.07, 6.45) is 2.70. The lowest BCUT2D eigenvalue weighted by Crippen LogP contribution is -2.23. The molecule has 188 valence electrons. The number of hydrogen-bond acceptors (Lipinski definition) is 4. The fourth-order valence-corrected chi connectivity index (χ4v) is 4.50. The molecule has 1 aliphatic rings. The van der Waals surface area contributed by atoms with Gasteiger partial charge in [-0.15, -0.1) is 0 Å². The molecule has 2 heterocycles. The maximum atomic E-state index is 13.3. The molecular weight excluding hydrogens is 469 g/mol. The second-order valence-electron chi connectivity index (χ2n) is 8.82. The highest BCUT2D eigenvalue weighted by molar-refractivity contribution is 5.84. The summed E-state index contributed by atoms with van der Waals surface area (Å²) in [5.74, 6) is 1.43. The van der Waals surface area contributed by atoms with E-state index in [4.69, 9.17) is 14.2 Å². The molecule has 1 fully saturated rings. The van der Waals surface area contributed by atoms with Gasteiger partial charge in [-0.2, -0.15) is 13.2 Å². The monoisotopic (exact) mass is 496 g/mol. The van der Waals surface area contributed by atoms with Crippen molar-refractivity contribution in [3.63, 3.8) is 0 Å². The summed E-state index contributed by atoms with van der Waals surface area (Å²) in [7, 11) is 1.61. The van der Waals surface area contributed by atoms with Crippen LogP contribution in [0.5, 0.6) is 23.0 Å². The SMILES string of the molecule is COc1cc(-n2cc3ccc(Oc4ccccc4C(F)(F)F)cc3c2)ccc1OCCC1CCCN1. The molecule has 0 spiro atoms. The van der Waals surface area contributed by atoms with Crippen LogP contribution in [-0.4, -0.2) is 30.9 Å². The summed E-state index contributed by atoms with van der Waals surface area (Å²) in [5, 5.41) is 5.23. The van der Waals surface area contributed by atoms with E-state index in [0.29, 0.717) is 29.9 Å². The molecule has 1 N–H and O–H groups in total. The third kappa shape index (κ3) is 5.28. The molecule has 0 bridgehead atoms. The van der Waals surface area contributed by atoms with E-state index in [0.717, 1.165) is 35.5 Å². The maximum Gasteiger partial charge on any atom is 0.419 e. The van der Waals surface area contributed by atoms with Crippen LogP contribution >= 0.6 is 0 Å². The summed E-state index contributed by atoms with van der Waals surface area (Å²) in [4.78, 5) is 0. The smallest absolute Gasteiger partial charge is 0.419 e. The van der Waals surface area contributed by atoms with E-state index in [1.54, 1.807) is 19.2 Å². The van der Waals surface area contributed by atoms with E-state index in [9.17, 15) is 13.2 Å². The highest BCUT2D eigenvalue weighted by Crippen LogP contribution is 2.38. The lowest BCUT2D eigenvalue weighted by Gasteiger charge is -2.14. The van der Waals surface area contributed by atoms with E-state index in [1.165, 1.54) is 31.0 Å². The van der Waals surface area contributed by atoms with Gasteiger partial charge in [0.05, 0.1) is 19.3 Å². The van der Waals surface area contributed by atoms with E-state index >= 15 is 0 Å². The molecule has 5 nitrogen and oxygen atoms in total. The first-order valence-corrected chi connectivity index (χ1v) is 11.9. The van der Waals surface area contributed by atoms with Crippen molar-refractivity contribution in [2.75, 3.05) is 20.3 Å². The molecule has 36 heavy (non-hydrogen) atoms. The predicted molar refractivity (Wildman–Crippen MR) is 132 cm³/mol. The number of halogens is 3. The second kappa shape index (κ2) is 10.1. The molecular formula is C28H27F3N2O3. The quantitative estimate of drug-likeness (QED) is 0.286. The fourth-order valence-electron chi connectivity index (χ4n) is 4.50. The average Bonchev–Trinajstić information content (AvgIpc) is 3.53. The number of alkyl halides is 3. The third-order valence-corrected chi connectivity index (χ3v) is 6.37. The lowest BCUT2D eigenvalue weighted by molar-refractivity contribution is -0.138. The normalized spacial score (nSPS) is 15.8. The summed E-state index contributed by atoms with van der Waals surface area (Å²) < 4.78 is 59.0. The molecule has 0 aliphatic carbocycles. The minimum absolute atomic E-state index is 0.229. The van der Waals surface area contributed by atoms with Crippen molar-refractivity contribution in [2.24, 2.45) is 0 Å². The Morgan fingerprint density at radius 1 is 0.944 bits per heavy atom. The van der Waals surface area contributed by atoms with Crippen LogP contribution < -0.4 is 19.5 Å². The van der Waals surface area contributed by atoms with Gasteiger partial charge in [-0.05, 0) is 68.3 Å². The summed E-state index contributed by atoms with van der Waals surface area (Å²) in [6, 6.07) is 16.7. The van der Waals surface area contributed by atoms with Crippen molar-refractivity contribution in [1.29, 1.82) is 0 Å². The zero-order valence-corrected chi connectivity index (χ0v) is 19.8. The van der Waals surface area contributed by atoms with Gasteiger partial charge < -0.3 is 24.1 Å². The van der Waals surface area contributed by atoms with Crippen LogP contribution in [0.1, 0.15) is 24.8 Å². The van der Waals surface area contributed by atoms with Crippen molar-refractivity contribution >= 4 is 10.8 Å². The zero-order valence-electron chi connectivity index (χ0n) is 19.8. The Kier molecular flexibility index (Phi) is 6.78. The molecule has 0 amide bonds. The van der Waals surface area contributed by atoms with Crippen LogP contribution in [0.15, 0.2) is 73.1 Å². The molecule has 1 unspecified atom stereocenters. The highest BCUT2D eigenvalue weighted by atomic mass is 19.4. The largest absolute Gasteiger partial charge is 0.493 e. The van der Waals surface area contributed by atoms with E-state index in [-0.39, 0.29) is 5.75 Å². The van der Waals surface area contributed by atoms with Crippen LogP contribution in [0.4, 0.5) is 13.2 Å². The lowest BCUT2D eigenvalue weighted by atomic mass is 10.2. The second-order valence-corrected chi connectivity index (χ2v) is 8.82. The van der Waals surface area contributed by atoms with Gasteiger partial charge in [-0.1, -0.05) is 12.1 Å². The van der Waals surface area contributed by atoms with Crippen LogP contribution in [-0.2, 0) is 6.18 Å². The van der Waals surface area contributed by atoms with E-state index in [2.05, 4.69) is 5.32 Å². The Bertz CT molecular complexity index is 1340. The average molecular weight is 497 g/mol. The molecule has 5 rings (SSSR count). The Labute approximate surface area is 207 Å². The number of para-hydroxylation sites is 1. The van der Waals surface area contributed by atoms with Crippen molar-refractivity contribution < 1.29 is 27.4 Å². The molecule has 3 aromatic carbocycles. The minimum Gasteiger partial charge on any atom is -0.493 e. The molecule has 8 heteroatoms. The number of rotatable bonds is 8. The van der Waals surface area contributed by atoms with Gasteiger partial charge in [-0.25, -0.2) is 0 Å². The van der Waals surface area contributed by atoms with Gasteiger partial charge in [0.25, 0.3) is 0 Å². The van der Waals surface area contributed by atoms with Crippen molar-refractivity contribution in [2.45, 2.75) is 31.5 Å². The first-order chi connectivity index (χ1) is 17.4. The van der Waals surface area contributed by atoms with Gasteiger partial charge in [0.2, 0.25) is 0 Å². The van der Waals surface area contributed by atoms with Crippen LogP contribution in [0.25, 0.3) is 16.5 Å². The molecule has 0 saturated carbocycles. The number of fused-ring (bicyclic) bond motifs is 1. The molecule has 0 radical (unpaired) electrons. The van der Waals surface area contributed by atoms with Gasteiger partial charge in [0.15, 0.2) is 11.5 Å². The molecule has 1 atom stereocenters. The standard InChI is InChI=1S/C28H27F3N2O3/c1-34-27-16-22(9-11-26(27)35-14-12-21-5-4-13-32-21)33-17-19-8-10-23(15-20(19)18-33)36-25-7-3-2-6-24(25)28(29,30)31/h2-3,6-11,15-18,21,32H,4-5,12-14H2,1H3. The zero-order chi connectivity index (χ0) is 25.1. The third-order valence-electron chi connectivity index (χ3n) is 6.37. The number of ether oxygens (including phenoxy) is 3. The van der Waals surface area contributed by atoms with Gasteiger partial charge in [0, 0.05) is 41.0 Å². The maximum absolute atomic E-state index is 13.3. The van der Waals surface area contributed by atoms with Gasteiger partial charge in [-0.3, -0.25) is 0 Å². The van der Waals surface area contributed by atoms with Crippen molar-refractivity contribution in [3.8, 4) is 28.7 Å². The first-order valence-electron chi connectivity index (χ1n) is 11.9. The Hall–Kier alpha value is -3.65. The van der Waals surface area contributed by atoms with E-state index in [1.807, 2.05) is 41.2 Å². The summed E-state index contributed by atoms with van der Waals surface area (Å²) in [6.45, 7) is 1.68. The van der Waals surface area contributed by atoms with Crippen LogP contribution in [0, 0.1) is 0 Å². The molecule has 1 aliphatic heterocycles. The predicted octanol–water partition coefficient (Wildman–Crippen LogP) is 6.97. The number of nitrogens with one attached hydrogen (secondary N) is 1. The topological polar surface area (TPSA) is 44.7 Å². The number of aromatic nitrogens is 1. The Morgan fingerprint density at radius 3 is 2.56 bits per heavy atom. The Morgan fingerprint density at radius 2 is 1.78 bits per heavy atom. The highest BCUT2D eigenvalue weighted by Gasteiger charge is 2.34. The molecule has 4 aromatic rings. The first kappa shape index (κ1) is 24.1. The van der Waals surface area contributed by atoms with Crippen molar-refractivity contribution in [1.82, 2.24) is 9.88 Å². The number of methoxy groups -OCH3 is 1. The fraction of sp³-hybridized carbons (Fsp3) is 0.286. The number of benzene rings is 3. The number of hydrogen-bond donors (Lipinski definition) is 1. The molecule has 1 saturated heterocycles. The Balaban J connectivity index is 1.34. The van der Waals surface area contributed by atoms with Crippen molar-refractivity contribution in [3.05, 3.63) is 78.6 Å². The van der Waals surface area contributed by atoms with Crippen LogP contribution in [0.3, 0.4) is 0 Å². The molecule has 1 aromatic heterocycles. The van der Waals surface area contributed by atoms with Gasteiger partial charge in [0.1, 0.15) is 11.5 Å². The van der Waals surface area contributed by atoms with Gasteiger partial charge >= 0.3 is 6.18 Å². The van der Waals surface area contributed by atoms with Crippen LogP contribution in [0.2, 0.25) is 0 Å². The summed E-state index contributed by atoms with van der Waals surface area (Å²) >= 11 is 0. The summed E-state index contributed by atoms with van der Waals surface area (Å²) in [5.41, 5.74) is 0.0642.